The highest BCUT2D eigenvalue weighted by Crippen LogP contribution is 2.38. The number of imidazole rings is 1. The van der Waals surface area contributed by atoms with Gasteiger partial charge in [0, 0.05) is 29.1 Å². The van der Waals surface area contributed by atoms with E-state index >= 15 is 0 Å². The number of rotatable bonds is 4. The van der Waals surface area contributed by atoms with Crippen LogP contribution in [0.25, 0.3) is 39.3 Å². The van der Waals surface area contributed by atoms with Crippen LogP contribution in [-0.2, 0) is 0 Å². The van der Waals surface area contributed by atoms with Crippen LogP contribution in [0.1, 0.15) is 5.56 Å². The summed E-state index contributed by atoms with van der Waals surface area (Å²) in [6.45, 7) is 2.16. The van der Waals surface area contributed by atoms with Crippen molar-refractivity contribution in [3.63, 3.8) is 0 Å². The predicted molar refractivity (Wildman–Crippen MR) is 125 cm³/mol. The maximum Gasteiger partial charge on any atom is 0.144 e. The predicted octanol–water partition coefficient (Wildman–Crippen LogP) is 7.18. The normalized spacial score (nSPS) is 10.8. The van der Waals surface area contributed by atoms with Crippen LogP contribution in [-0.4, -0.2) is 9.55 Å². The van der Waals surface area contributed by atoms with Crippen LogP contribution in [0.3, 0.4) is 0 Å². The molecular formula is C28H22N2. The molecule has 2 nitrogen and oxygen atoms in total. The van der Waals surface area contributed by atoms with E-state index < -0.39 is 0 Å². The molecule has 0 unspecified atom stereocenters. The van der Waals surface area contributed by atoms with E-state index in [4.69, 9.17) is 4.98 Å². The van der Waals surface area contributed by atoms with Crippen LogP contribution < -0.4 is 0 Å². The van der Waals surface area contributed by atoms with Crippen LogP contribution in [0, 0.1) is 6.92 Å². The maximum absolute atomic E-state index is 4.72. The summed E-state index contributed by atoms with van der Waals surface area (Å²) in [6, 6.07) is 36.1. The number of aromatic nitrogens is 2. The Balaban J connectivity index is 1.85. The Kier molecular flexibility index (Phi) is 4.74. The maximum atomic E-state index is 4.72. The molecule has 30 heavy (non-hydrogen) atoms. The van der Waals surface area contributed by atoms with Gasteiger partial charge in [0.25, 0.3) is 0 Å². The van der Waals surface area contributed by atoms with E-state index in [-0.39, 0.29) is 0 Å². The van der Waals surface area contributed by atoms with E-state index in [1.54, 1.807) is 0 Å². The Labute approximate surface area is 177 Å². The fourth-order valence-corrected chi connectivity index (χ4v) is 4.00. The van der Waals surface area contributed by atoms with Crippen molar-refractivity contribution in [1.82, 2.24) is 9.55 Å². The molecule has 0 amide bonds. The molecule has 0 saturated carbocycles. The van der Waals surface area contributed by atoms with Crippen molar-refractivity contribution in [3.05, 3.63) is 121 Å². The summed E-state index contributed by atoms with van der Waals surface area (Å²) in [4.78, 5) is 4.72. The number of aryl methyl sites for hydroxylation is 1. The second-order valence-corrected chi connectivity index (χ2v) is 7.43. The molecule has 4 aromatic carbocycles. The van der Waals surface area contributed by atoms with Gasteiger partial charge in [-0.15, -0.1) is 0 Å². The SMILES string of the molecule is Cc1cc(-c2ccccc2)c(-n2ccnc2-c2ccccc2)c(-c2ccccc2)c1. The average Bonchev–Trinajstić information content (AvgIpc) is 3.30. The highest BCUT2D eigenvalue weighted by Gasteiger charge is 2.18. The third-order valence-corrected chi connectivity index (χ3v) is 5.34. The molecule has 2 heteroatoms. The molecule has 5 rings (SSSR count). The largest absolute Gasteiger partial charge is 0.299 e. The zero-order valence-electron chi connectivity index (χ0n) is 16.9. The molecule has 1 aromatic heterocycles. The highest BCUT2D eigenvalue weighted by molar-refractivity contribution is 5.87. The summed E-state index contributed by atoms with van der Waals surface area (Å²) < 4.78 is 2.22. The van der Waals surface area contributed by atoms with Crippen molar-refractivity contribution in [2.24, 2.45) is 0 Å². The van der Waals surface area contributed by atoms with E-state index in [1.165, 1.54) is 27.8 Å². The molecule has 1 heterocycles. The Morgan fingerprint density at radius 3 is 1.57 bits per heavy atom. The topological polar surface area (TPSA) is 17.8 Å². The number of benzene rings is 4. The Morgan fingerprint density at radius 2 is 1.07 bits per heavy atom. The lowest BCUT2D eigenvalue weighted by Crippen LogP contribution is -2.02. The Bertz CT molecular complexity index is 1210. The molecular weight excluding hydrogens is 364 g/mol. The number of hydrogen-bond acceptors (Lipinski definition) is 1. The lowest BCUT2D eigenvalue weighted by Gasteiger charge is -2.20. The van der Waals surface area contributed by atoms with Crippen molar-refractivity contribution in [1.29, 1.82) is 0 Å². The smallest absolute Gasteiger partial charge is 0.144 e. The molecule has 0 aliphatic rings. The zero-order chi connectivity index (χ0) is 20.3. The molecule has 0 bridgehead atoms. The van der Waals surface area contributed by atoms with Crippen molar-refractivity contribution in [2.75, 3.05) is 0 Å². The Hall–Kier alpha value is -3.91. The van der Waals surface area contributed by atoms with Gasteiger partial charge in [0.15, 0.2) is 0 Å². The molecule has 0 fully saturated rings. The summed E-state index contributed by atoms with van der Waals surface area (Å²) in [5.41, 5.74) is 8.27. The van der Waals surface area contributed by atoms with Gasteiger partial charge < -0.3 is 0 Å². The molecule has 0 radical (unpaired) electrons. The van der Waals surface area contributed by atoms with Gasteiger partial charge in [-0.2, -0.15) is 0 Å². The lowest BCUT2D eigenvalue weighted by atomic mass is 9.93. The zero-order valence-corrected chi connectivity index (χ0v) is 16.9. The minimum absolute atomic E-state index is 0.939. The highest BCUT2D eigenvalue weighted by atomic mass is 15.1. The van der Waals surface area contributed by atoms with Crippen LogP contribution in [0.5, 0.6) is 0 Å². The second kappa shape index (κ2) is 7.84. The fourth-order valence-electron chi connectivity index (χ4n) is 4.00. The van der Waals surface area contributed by atoms with Gasteiger partial charge in [-0.3, -0.25) is 4.57 Å². The summed E-state index contributed by atoms with van der Waals surface area (Å²) in [7, 11) is 0. The van der Waals surface area contributed by atoms with Crippen molar-refractivity contribution in [2.45, 2.75) is 6.92 Å². The fraction of sp³-hybridized carbons (Fsp3) is 0.0357. The average molecular weight is 386 g/mol. The minimum atomic E-state index is 0.939. The quantitative estimate of drug-likeness (QED) is 0.320. The summed E-state index contributed by atoms with van der Waals surface area (Å²) >= 11 is 0. The molecule has 0 aliphatic heterocycles. The van der Waals surface area contributed by atoms with Crippen LogP contribution >= 0.6 is 0 Å². The van der Waals surface area contributed by atoms with E-state index in [9.17, 15) is 0 Å². The van der Waals surface area contributed by atoms with Crippen LogP contribution in [0.15, 0.2) is 116 Å². The van der Waals surface area contributed by atoms with Gasteiger partial charge in [0.05, 0.1) is 5.69 Å². The summed E-state index contributed by atoms with van der Waals surface area (Å²) in [5.74, 6) is 0.939. The number of nitrogens with zero attached hydrogens (tertiary/aromatic N) is 2. The van der Waals surface area contributed by atoms with Gasteiger partial charge >= 0.3 is 0 Å². The minimum Gasteiger partial charge on any atom is -0.299 e. The first-order chi connectivity index (χ1) is 14.8. The second-order valence-electron chi connectivity index (χ2n) is 7.43. The van der Waals surface area contributed by atoms with Gasteiger partial charge in [-0.25, -0.2) is 4.98 Å². The first-order valence-corrected chi connectivity index (χ1v) is 10.2. The van der Waals surface area contributed by atoms with Gasteiger partial charge in [-0.05, 0) is 35.7 Å². The summed E-state index contributed by atoms with van der Waals surface area (Å²) in [5, 5.41) is 0. The first kappa shape index (κ1) is 18.1. The van der Waals surface area contributed by atoms with Crippen LogP contribution in [0.2, 0.25) is 0 Å². The van der Waals surface area contributed by atoms with Gasteiger partial charge in [0.2, 0.25) is 0 Å². The lowest BCUT2D eigenvalue weighted by molar-refractivity contribution is 1.07. The molecule has 0 spiro atoms. The molecule has 0 atom stereocenters. The Morgan fingerprint density at radius 1 is 0.600 bits per heavy atom. The van der Waals surface area contributed by atoms with Gasteiger partial charge in [-0.1, -0.05) is 91.0 Å². The number of hydrogen-bond donors (Lipinski definition) is 0. The molecule has 0 saturated heterocycles. The summed E-state index contributed by atoms with van der Waals surface area (Å²) in [6.07, 6.45) is 3.94. The van der Waals surface area contributed by atoms with E-state index in [0.29, 0.717) is 0 Å². The molecule has 5 aromatic rings. The van der Waals surface area contributed by atoms with Crippen molar-refractivity contribution < 1.29 is 0 Å². The third kappa shape index (κ3) is 3.33. The van der Waals surface area contributed by atoms with Crippen LogP contribution in [0.4, 0.5) is 0 Å². The molecule has 0 aliphatic carbocycles. The van der Waals surface area contributed by atoms with E-state index in [2.05, 4.69) is 115 Å². The van der Waals surface area contributed by atoms with Gasteiger partial charge in [0.1, 0.15) is 5.82 Å². The van der Waals surface area contributed by atoms with E-state index in [0.717, 1.165) is 17.1 Å². The first-order valence-electron chi connectivity index (χ1n) is 10.2. The monoisotopic (exact) mass is 386 g/mol. The molecule has 0 N–H and O–H groups in total. The third-order valence-electron chi connectivity index (χ3n) is 5.34. The van der Waals surface area contributed by atoms with Crippen molar-refractivity contribution >= 4 is 0 Å². The van der Waals surface area contributed by atoms with Crippen molar-refractivity contribution in [3.8, 4) is 39.3 Å². The molecule has 144 valence electrons. The van der Waals surface area contributed by atoms with E-state index in [1.807, 2.05) is 12.3 Å². The standard InChI is InChI=1S/C28H22N2/c1-21-19-25(22-11-5-2-6-12-22)27(26(20-21)23-13-7-3-8-14-23)30-18-17-29-28(30)24-15-9-4-10-16-24/h2-20H,1H3.